The van der Waals surface area contributed by atoms with E-state index in [4.69, 9.17) is 19.9 Å². The molecular formula is C20H32BrN5O4. The lowest BCUT2D eigenvalue weighted by molar-refractivity contribution is -0.144. The minimum atomic E-state index is -0.623. The number of nitrogen functional groups attached to an aromatic ring is 1. The molecule has 2 aromatic heterocycles. The van der Waals surface area contributed by atoms with Gasteiger partial charge in [-0.2, -0.15) is 0 Å². The minimum absolute atomic E-state index is 0.207. The Morgan fingerprint density at radius 1 is 1.23 bits per heavy atom. The number of aromatic nitrogens is 3. The van der Waals surface area contributed by atoms with Crippen molar-refractivity contribution in [2.24, 2.45) is 0 Å². The molecule has 0 unspecified atom stereocenters. The number of fused-ring (bicyclic) bond motifs is 1. The second kappa shape index (κ2) is 10.4. The highest BCUT2D eigenvalue weighted by Gasteiger charge is 2.28. The number of anilines is 1. The lowest BCUT2D eigenvalue weighted by Gasteiger charge is -2.25. The van der Waals surface area contributed by atoms with E-state index in [1.165, 1.54) is 6.33 Å². The highest BCUT2D eigenvalue weighted by molar-refractivity contribution is 9.10. The Balaban J connectivity index is 2.48. The molecule has 0 aliphatic carbocycles. The van der Waals surface area contributed by atoms with Gasteiger partial charge in [-0.25, -0.2) is 14.8 Å². The van der Waals surface area contributed by atoms with Crippen molar-refractivity contribution >= 4 is 38.9 Å². The Kier molecular flexibility index (Phi) is 8.45. The van der Waals surface area contributed by atoms with Gasteiger partial charge in [0.15, 0.2) is 6.29 Å². The first-order valence-electron chi connectivity index (χ1n) is 10.1. The zero-order valence-corrected chi connectivity index (χ0v) is 20.1. The zero-order valence-electron chi connectivity index (χ0n) is 18.5. The van der Waals surface area contributed by atoms with Crippen molar-refractivity contribution < 1.29 is 19.0 Å². The van der Waals surface area contributed by atoms with Gasteiger partial charge in [0.1, 0.15) is 23.4 Å². The van der Waals surface area contributed by atoms with Gasteiger partial charge in [-0.15, -0.1) is 0 Å². The van der Waals surface area contributed by atoms with Crippen LogP contribution in [0.5, 0.6) is 0 Å². The van der Waals surface area contributed by atoms with Gasteiger partial charge in [0.2, 0.25) is 0 Å². The number of hydrogen-bond donors (Lipinski definition) is 2. The number of halogens is 1. The van der Waals surface area contributed by atoms with Crippen molar-refractivity contribution in [3.63, 3.8) is 0 Å². The number of carbonyl (C=O) groups excluding carboxylic acids is 1. The Morgan fingerprint density at radius 2 is 1.87 bits per heavy atom. The van der Waals surface area contributed by atoms with Gasteiger partial charge in [0.05, 0.1) is 15.6 Å². The average molecular weight is 486 g/mol. The topological polar surface area (TPSA) is 114 Å². The fourth-order valence-corrected chi connectivity index (χ4v) is 3.84. The van der Waals surface area contributed by atoms with E-state index in [0.29, 0.717) is 43.0 Å². The van der Waals surface area contributed by atoms with Gasteiger partial charge in [-0.05, 0) is 57.0 Å². The van der Waals surface area contributed by atoms with Crippen LogP contribution in [0.15, 0.2) is 10.8 Å². The summed E-state index contributed by atoms with van der Waals surface area (Å²) in [5, 5.41) is 3.62. The number of nitrogens with one attached hydrogen (secondary N) is 1. The third-order valence-corrected chi connectivity index (χ3v) is 5.13. The lowest BCUT2D eigenvalue weighted by atomic mass is 10.2. The molecule has 1 amide bonds. The van der Waals surface area contributed by atoms with Crippen LogP contribution in [0, 0.1) is 0 Å². The molecule has 0 saturated carbocycles. The Hall–Kier alpha value is -1.91. The van der Waals surface area contributed by atoms with Crippen molar-refractivity contribution in [3.05, 3.63) is 16.5 Å². The third kappa shape index (κ3) is 5.83. The molecule has 0 saturated heterocycles. The second-order valence-corrected chi connectivity index (χ2v) is 8.55. The van der Waals surface area contributed by atoms with Crippen molar-refractivity contribution in [2.45, 2.75) is 72.4 Å². The number of nitrogens with two attached hydrogens (primary N) is 1. The predicted molar refractivity (Wildman–Crippen MR) is 119 cm³/mol. The van der Waals surface area contributed by atoms with Crippen LogP contribution in [0.25, 0.3) is 11.0 Å². The summed E-state index contributed by atoms with van der Waals surface area (Å²) in [7, 11) is 0. The van der Waals surface area contributed by atoms with Gasteiger partial charge in [-0.3, -0.25) is 0 Å². The molecule has 9 nitrogen and oxygen atoms in total. The Morgan fingerprint density at radius 3 is 2.40 bits per heavy atom. The molecular weight excluding hydrogens is 454 g/mol. The molecule has 0 fully saturated rings. The van der Waals surface area contributed by atoms with Crippen LogP contribution in [-0.2, 0) is 20.8 Å². The number of rotatable bonds is 9. The molecule has 0 radical (unpaired) electrons. The summed E-state index contributed by atoms with van der Waals surface area (Å²) < 4.78 is 19.8. The molecule has 10 heteroatoms. The maximum absolute atomic E-state index is 12.3. The molecule has 0 aromatic carbocycles. The van der Waals surface area contributed by atoms with Gasteiger partial charge < -0.3 is 29.8 Å². The number of carbonyl (C=O) groups is 1. The zero-order chi connectivity index (χ0) is 22.5. The van der Waals surface area contributed by atoms with Gasteiger partial charge in [0, 0.05) is 25.8 Å². The summed E-state index contributed by atoms with van der Waals surface area (Å²) in [5.74, 6) is 0.353. The molecule has 0 spiro atoms. The van der Waals surface area contributed by atoms with Crippen molar-refractivity contribution in [3.8, 4) is 0 Å². The molecule has 30 heavy (non-hydrogen) atoms. The summed E-state index contributed by atoms with van der Waals surface area (Å²) in [6, 6.07) is -0.207. The summed E-state index contributed by atoms with van der Waals surface area (Å²) in [4.78, 5) is 20.9. The monoisotopic (exact) mass is 485 g/mol. The van der Waals surface area contributed by atoms with Crippen LogP contribution < -0.4 is 11.1 Å². The number of amides is 1. The van der Waals surface area contributed by atoms with Crippen LogP contribution in [-0.4, -0.2) is 45.5 Å². The average Bonchev–Trinajstić information content (AvgIpc) is 2.92. The molecule has 2 aromatic rings. The van der Waals surface area contributed by atoms with E-state index in [9.17, 15) is 4.79 Å². The molecule has 0 aliphatic heterocycles. The molecule has 1 atom stereocenters. The summed E-state index contributed by atoms with van der Waals surface area (Å²) in [6.07, 6.45) is 1.02. The van der Waals surface area contributed by atoms with E-state index in [0.717, 1.165) is 10.2 Å². The van der Waals surface area contributed by atoms with Crippen molar-refractivity contribution in [1.82, 2.24) is 19.9 Å². The van der Waals surface area contributed by atoms with Crippen LogP contribution in [0.2, 0.25) is 0 Å². The Labute approximate surface area is 185 Å². The first-order valence-corrected chi connectivity index (χ1v) is 10.9. The van der Waals surface area contributed by atoms with Crippen LogP contribution in [0.1, 0.15) is 59.9 Å². The van der Waals surface area contributed by atoms with Gasteiger partial charge >= 0.3 is 6.09 Å². The lowest BCUT2D eigenvalue weighted by Crippen LogP contribution is -2.41. The van der Waals surface area contributed by atoms with E-state index in [2.05, 4.69) is 31.2 Å². The largest absolute Gasteiger partial charge is 0.444 e. The van der Waals surface area contributed by atoms with Crippen molar-refractivity contribution in [1.29, 1.82) is 0 Å². The van der Waals surface area contributed by atoms with Gasteiger partial charge in [-0.1, -0.05) is 6.92 Å². The van der Waals surface area contributed by atoms with E-state index in [-0.39, 0.29) is 6.04 Å². The summed E-state index contributed by atoms with van der Waals surface area (Å²) in [6.45, 7) is 12.7. The van der Waals surface area contributed by atoms with Crippen LogP contribution in [0.4, 0.5) is 10.6 Å². The molecule has 168 valence electrons. The standard InChI is InChI=1S/C20H32BrN5O4/c1-7-12(25-19(27)30-20(4,5)6)10-26-15(18(28-8-2)29-9-3)14(21)13-16(22)23-11-24-17(13)26/h11-12,18H,7-10H2,1-6H3,(H,25,27)(H2,22,23,24)/t12-/m1/s1. The minimum Gasteiger partial charge on any atom is -0.444 e. The number of ether oxygens (including phenoxy) is 3. The van der Waals surface area contributed by atoms with Crippen LogP contribution >= 0.6 is 15.9 Å². The van der Waals surface area contributed by atoms with E-state index in [1.54, 1.807) is 0 Å². The maximum atomic E-state index is 12.3. The quantitative estimate of drug-likeness (QED) is 0.512. The smallest absolute Gasteiger partial charge is 0.407 e. The molecule has 2 rings (SSSR count). The summed E-state index contributed by atoms with van der Waals surface area (Å²) in [5.41, 5.74) is 6.94. The Bertz CT molecular complexity index is 859. The highest BCUT2D eigenvalue weighted by Crippen LogP contribution is 2.38. The van der Waals surface area contributed by atoms with Gasteiger partial charge in [0.25, 0.3) is 0 Å². The number of nitrogens with zero attached hydrogens (tertiary/aromatic N) is 3. The van der Waals surface area contributed by atoms with E-state index in [1.807, 2.05) is 46.1 Å². The molecule has 0 bridgehead atoms. The fourth-order valence-electron chi connectivity index (χ4n) is 3.06. The van der Waals surface area contributed by atoms with Crippen molar-refractivity contribution in [2.75, 3.05) is 18.9 Å². The number of hydrogen-bond acceptors (Lipinski definition) is 7. The van der Waals surface area contributed by atoms with E-state index < -0.39 is 18.0 Å². The third-order valence-electron chi connectivity index (χ3n) is 4.32. The second-order valence-electron chi connectivity index (χ2n) is 7.76. The maximum Gasteiger partial charge on any atom is 0.407 e. The molecule has 3 N–H and O–H groups in total. The SMILES string of the molecule is CCOC(OCC)c1c(Br)c2c(N)ncnc2n1C[C@@H](CC)NC(=O)OC(C)(C)C. The fraction of sp³-hybridized carbons (Fsp3) is 0.650. The van der Waals surface area contributed by atoms with E-state index >= 15 is 0 Å². The van der Waals surface area contributed by atoms with Crippen LogP contribution in [0.3, 0.4) is 0 Å². The first-order chi connectivity index (χ1) is 14.1. The highest BCUT2D eigenvalue weighted by atomic mass is 79.9. The summed E-state index contributed by atoms with van der Waals surface area (Å²) >= 11 is 3.64. The predicted octanol–water partition coefficient (Wildman–Crippen LogP) is 4.15. The molecule has 2 heterocycles. The first kappa shape index (κ1) is 24.4. The normalized spacial score (nSPS) is 13.1. The molecule has 0 aliphatic rings. The number of alkyl carbamates (subject to hydrolysis) is 1.